The fourth-order valence-corrected chi connectivity index (χ4v) is 0.245. The monoisotopic (exact) mass is 111 g/mol. The largest absolute Gasteiger partial charge is 0.545 e. The standard InChI is InChI=1S/C6H8O2/c1-3-4-5(2)6(7)8/h3-4H,1H2,2H3,(H,7,8)/p-1/b5-4-. The smallest absolute Gasteiger partial charge is 0.0672 e. The molecular weight excluding hydrogens is 104 g/mol. The third-order valence-corrected chi connectivity index (χ3v) is 0.690. The summed E-state index contributed by atoms with van der Waals surface area (Å²) in [7, 11) is 0. The van der Waals surface area contributed by atoms with Crippen molar-refractivity contribution in [2.45, 2.75) is 6.92 Å². The van der Waals surface area contributed by atoms with E-state index >= 15 is 0 Å². The molecule has 0 radical (unpaired) electrons. The molecule has 0 aliphatic heterocycles. The topological polar surface area (TPSA) is 40.1 Å². The van der Waals surface area contributed by atoms with Crippen LogP contribution >= 0.6 is 0 Å². The van der Waals surface area contributed by atoms with Crippen LogP contribution in [0.15, 0.2) is 24.3 Å². The molecule has 0 atom stereocenters. The maximum absolute atomic E-state index is 9.86. The zero-order valence-electron chi connectivity index (χ0n) is 4.68. The maximum atomic E-state index is 9.86. The van der Waals surface area contributed by atoms with E-state index in [-0.39, 0.29) is 5.57 Å². The molecule has 0 saturated heterocycles. The van der Waals surface area contributed by atoms with Gasteiger partial charge in [0, 0.05) is 0 Å². The highest BCUT2D eigenvalue weighted by Gasteiger charge is 1.82. The number of hydrogen-bond acceptors (Lipinski definition) is 2. The van der Waals surface area contributed by atoms with Gasteiger partial charge in [-0.15, -0.1) is 0 Å². The van der Waals surface area contributed by atoms with Crippen molar-refractivity contribution in [3.8, 4) is 0 Å². The summed E-state index contributed by atoms with van der Waals surface area (Å²) in [5, 5.41) is 9.86. The first-order chi connectivity index (χ1) is 3.68. The van der Waals surface area contributed by atoms with Gasteiger partial charge in [-0.25, -0.2) is 0 Å². The molecule has 44 valence electrons. The van der Waals surface area contributed by atoms with Crippen LogP contribution in [0.25, 0.3) is 0 Å². The average Bonchev–Trinajstić information content (AvgIpc) is 1.67. The summed E-state index contributed by atoms with van der Waals surface area (Å²) in [4.78, 5) is 9.86. The number of carbonyl (C=O) groups is 1. The van der Waals surface area contributed by atoms with E-state index in [1.807, 2.05) is 0 Å². The lowest BCUT2D eigenvalue weighted by atomic mass is 10.3. The average molecular weight is 111 g/mol. The van der Waals surface area contributed by atoms with Crippen LogP contribution in [0.3, 0.4) is 0 Å². The van der Waals surface area contributed by atoms with Gasteiger partial charge in [-0.3, -0.25) is 0 Å². The molecule has 0 aliphatic rings. The Kier molecular flexibility index (Phi) is 2.62. The van der Waals surface area contributed by atoms with Crippen LogP contribution < -0.4 is 5.11 Å². The first-order valence-electron chi connectivity index (χ1n) is 2.19. The summed E-state index contributed by atoms with van der Waals surface area (Å²) in [6.07, 6.45) is 2.79. The predicted octanol–water partition coefficient (Wildman–Crippen LogP) is -0.131. The minimum absolute atomic E-state index is 0.194. The number of carboxylic acid groups (broad SMARTS) is 1. The van der Waals surface area contributed by atoms with E-state index in [2.05, 4.69) is 6.58 Å². The van der Waals surface area contributed by atoms with Crippen molar-refractivity contribution in [1.29, 1.82) is 0 Å². The second kappa shape index (κ2) is 3.02. The minimum atomic E-state index is -1.15. The highest BCUT2D eigenvalue weighted by Crippen LogP contribution is 1.87. The fraction of sp³-hybridized carbons (Fsp3) is 0.167. The molecule has 0 rings (SSSR count). The Labute approximate surface area is 48.1 Å². The van der Waals surface area contributed by atoms with Crippen LogP contribution in [0.2, 0.25) is 0 Å². The summed E-state index contributed by atoms with van der Waals surface area (Å²) < 4.78 is 0. The molecule has 0 spiro atoms. The normalized spacial score (nSPS) is 10.9. The second-order valence-electron chi connectivity index (χ2n) is 1.37. The van der Waals surface area contributed by atoms with Crippen molar-refractivity contribution in [3.63, 3.8) is 0 Å². The number of carbonyl (C=O) groups excluding carboxylic acids is 1. The Morgan fingerprint density at radius 1 is 1.75 bits per heavy atom. The molecule has 8 heavy (non-hydrogen) atoms. The van der Waals surface area contributed by atoms with E-state index in [0.717, 1.165) is 0 Å². The number of rotatable bonds is 2. The zero-order valence-corrected chi connectivity index (χ0v) is 4.68. The fourth-order valence-electron chi connectivity index (χ4n) is 0.245. The highest BCUT2D eigenvalue weighted by atomic mass is 16.4. The Balaban J connectivity index is 3.99. The Hall–Kier alpha value is -1.05. The van der Waals surface area contributed by atoms with Gasteiger partial charge >= 0.3 is 0 Å². The van der Waals surface area contributed by atoms with E-state index in [1.165, 1.54) is 19.1 Å². The lowest BCUT2D eigenvalue weighted by molar-refractivity contribution is -0.299. The van der Waals surface area contributed by atoms with Gasteiger partial charge in [0.1, 0.15) is 0 Å². The predicted molar refractivity (Wildman–Crippen MR) is 29.0 cm³/mol. The van der Waals surface area contributed by atoms with Crippen molar-refractivity contribution in [2.75, 3.05) is 0 Å². The van der Waals surface area contributed by atoms with Gasteiger partial charge in [-0.05, 0) is 12.5 Å². The maximum Gasteiger partial charge on any atom is 0.0672 e. The van der Waals surface area contributed by atoms with Crippen LogP contribution in [-0.2, 0) is 4.79 Å². The van der Waals surface area contributed by atoms with E-state index in [9.17, 15) is 9.90 Å². The van der Waals surface area contributed by atoms with E-state index in [1.54, 1.807) is 0 Å². The van der Waals surface area contributed by atoms with Crippen LogP contribution in [-0.4, -0.2) is 5.97 Å². The molecule has 2 nitrogen and oxygen atoms in total. The van der Waals surface area contributed by atoms with Crippen LogP contribution in [0.1, 0.15) is 6.92 Å². The van der Waals surface area contributed by atoms with Crippen molar-refractivity contribution < 1.29 is 9.90 Å². The van der Waals surface area contributed by atoms with Crippen molar-refractivity contribution in [3.05, 3.63) is 24.3 Å². The van der Waals surface area contributed by atoms with Gasteiger partial charge in [0.25, 0.3) is 0 Å². The Morgan fingerprint density at radius 2 is 2.25 bits per heavy atom. The van der Waals surface area contributed by atoms with Crippen LogP contribution in [0, 0.1) is 0 Å². The lowest BCUT2D eigenvalue weighted by Crippen LogP contribution is -2.22. The van der Waals surface area contributed by atoms with Crippen molar-refractivity contribution >= 4 is 5.97 Å². The molecule has 0 aromatic rings. The number of aliphatic carboxylic acids is 1. The zero-order chi connectivity index (χ0) is 6.57. The molecule has 0 aliphatic carbocycles. The molecule has 0 heterocycles. The van der Waals surface area contributed by atoms with Gasteiger partial charge in [0.15, 0.2) is 0 Å². The third kappa shape index (κ3) is 2.18. The van der Waals surface area contributed by atoms with Crippen molar-refractivity contribution in [2.24, 2.45) is 0 Å². The van der Waals surface area contributed by atoms with E-state index in [4.69, 9.17) is 0 Å². The minimum Gasteiger partial charge on any atom is -0.545 e. The van der Waals surface area contributed by atoms with Gasteiger partial charge in [0.05, 0.1) is 5.97 Å². The number of allylic oxidation sites excluding steroid dienone is 2. The summed E-state index contributed by atoms with van der Waals surface area (Å²) in [5.74, 6) is -1.15. The lowest BCUT2D eigenvalue weighted by Gasteiger charge is -1.96. The quantitative estimate of drug-likeness (QED) is 0.368. The molecule has 0 fully saturated rings. The second-order valence-corrected chi connectivity index (χ2v) is 1.37. The van der Waals surface area contributed by atoms with E-state index in [0.29, 0.717) is 0 Å². The van der Waals surface area contributed by atoms with Gasteiger partial charge in [-0.2, -0.15) is 0 Å². The summed E-state index contributed by atoms with van der Waals surface area (Å²) in [5.41, 5.74) is 0.194. The SMILES string of the molecule is C=C/C=C(/C)C(=O)[O-]. The molecule has 0 aromatic heterocycles. The van der Waals surface area contributed by atoms with Crippen molar-refractivity contribution in [1.82, 2.24) is 0 Å². The van der Waals surface area contributed by atoms with Crippen LogP contribution in [0.5, 0.6) is 0 Å². The van der Waals surface area contributed by atoms with Gasteiger partial charge in [-0.1, -0.05) is 18.7 Å². The van der Waals surface area contributed by atoms with E-state index < -0.39 is 5.97 Å². The summed E-state index contributed by atoms with van der Waals surface area (Å²) >= 11 is 0. The molecule has 0 amide bonds. The Bertz CT molecular complexity index is 133. The molecule has 0 bridgehead atoms. The number of hydrogen-bond donors (Lipinski definition) is 0. The van der Waals surface area contributed by atoms with Gasteiger partial charge < -0.3 is 9.90 Å². The summed E-state index contributed by atoms with van der Waals surface area (Å²) in [6.45, 7) is 4.77. The molecule has 0 unspecified atom stereocenters. The first kappa shape index (κ1) is 6.95. The van der Waals surface area contributed by atoms with Crippen LogP contribution in [0.4, 0.5) is 0 Å². The molecule has 0 N–H and O–H groups in total. The Morgan fingerprint density at radius 3 is 2.38 bits per heavy atom. The highest BCUT2D eigenvalue weighted by molar-refractivity contribution is 5.84. The molecular formula is C6H7O2-. The third-order valence-electron chi connectivity index (χ3n) is 0.690. The first-order valence-corrected chi connectivity index (χ1v) is 2.19. The van der Waals surface area contributed by atoms with Gasteiger partial charge in [0.2, 0.25) is 0 Å². The number of carboxylic acids is 1. The summed E-state index contributed by atoms with van der Waals surface area (Å²) in [6, 6.07) is 0. The molecule has 0 saturated carbocycles. The molecule has 0 aromatic carbocycles. The molecule has 2 heteroatoms.